The SMILES string of the molecule is Cc1cnc(CNC(C)C(=O)NC2CCCCC2)o1. The van der Waals surface area contributed by atoms with E-state index in [1.54, 1.807) is 6.20 Å². The number of carbonyl (C=O) groups is 1. The number of carbonyl (C=O) groups excluding carboxylic acids is 1. The molecule has 1 unspecified atom stereocenters. The zero-order valence-electron chi connectivity index (χ0n) is 11.7. The first-order valence-corrected chi connectivity index (χ1v) is 7.10. The van der Waals surface area contributed by atoms with Crippen molar-refractivity contribution < 1.29 is 9.21 Å². The largest absolute Gasteiger partial charge is 0.445 e. The van der Waals surface area contributed by atoms with E-state index in [-0.39, 0.29) is 11.9 Å². The Hall–Kier alpha value is -1.36. The molecule has 0 spiro atoms. The summed E-state index contributed by atoms with van der Waals surface area (Å²) in [6, 6.07) is 0.128. The van der Waals surface area contributed by atoms with Gasteiger partial charge in [-0.25, -0.2) is 4.98 Å². The minimum atomic E-state index is -0.228. The molecule has 0 aromatic carbocycles. The summed E-state index contributed by atoms with van der Waals surface area (Å²) in [5.74, 6) is 1.47. The van der Waals surface area contributed by atoms with Crippen LogP contribution in [0.25, 0.3) is 0 Å². The van der Waals surface area contributed by atoms with Crippen molar-refractivity contribution >= 4 is 5.91 Å². The molecule has 1 atom stereocenters. The predicted octanol–water partition coefficient (Wildman–Crippen LogP) is 1.91. The first-order chi connectivity index (χ1) is 9.15. The number of nitrogens with zero attached hydrogens (tertiary/aromatic N) is 1. The van der Waals surface area contributed by atoms with Crippen LogP contribution in [0.3, 0.4) is 0 Å². The van der Waals surface area contributed by atoms with Crippen molar-refractivity contribution in [3.63, 3.8) is 0 Å². The molecule has 0 saturated heterocycles. The van der Waals surface area contributed by atoms with Gasteiger partial charge in [0.05, 0.1) is 18.8 Å². The fourth-order valence-corrected chi connectivity index (χ4v) is 2.39. The summed E-state index contributed by atoms with van der Waals surface area (Å²) in [5.41, 5.74) is 0. The number of hydrogen-bond donors (Lipinski definition) is 2. The second-order valence-electron chi connectivity index (χ2n) is 5.31. The van der Waals surface area contributed by atoms with Gasteiger partial charge in [0.25, 0.3) is 0 Å². The minimum absolute atomic E-state index is 0.0650. The molecule has 0 bridgehead atoms. The Balaban J connectivity index is 1.72. The Labute approximate surface area is 114 Å². The predicted molar refractivity (Wildman–Crippen MR) is 72.6 cm³/mol. The van der Waals surface area contributed by atoms with Crippen molar-refractivity contribution in [2.75, 3.05) is 0 Å². The topological polar surface area (TPSA) is 67.2 Å². The van der Waals surface area contributed by atoms with Gasteiger partial charge < -0.3 is 9.73 Å². The molecule has 0 aliphatic heterocycles. The summed E-state index contributed by atoms with van der Waals surface area (Å²) < 4.78 is 5.36. The third-order valence-corrected chi connectivity index (χ3v) is 3.57. The normalized spacial score (nSPS) is 18.2. The van der Waals surface area contributed by atoms with Crippen LogP contribution in [0.1, 0.15) is 50.7 Å². The van der Waals surface area contributed by atoms with Crippen LogP contribution in [0.4, 0.5) is 0 Å². The molecule has 1 heterocycles. The van der Waals surface area contributed by atoms with E-state index in [2.05, 4.69) is 15.6 Å². The lowest BCUT2D eigenvalue weighted by Gasteiger charge is -2.24. The van der Waals surface area contributed by atoms with E-state index < -0.39 is 0 Å². The quantitative estimate of drug-likeness (QED) is 0.853. The maximum absolute atomic E-state index is 12.0. The molecule has 1 aromatic heterocycles. The van der Waals surface area contributed by atoms with E-state index in [9.17, 15) is 4.79 Å². The van der Waals surface area contributed by atoms with Gasteiger partial charge in [0, 0.05) is 6.04 Å². The lowest BCUT2D eigenvalue weighted by atomic mass is 9.95. The summed E-state index contributed by atoms with van der Waals surface area (Å²) in [7, 11) is 0. The van der Waals surface area contributed by atoms with Crippen LogP contribution in [0.2, 0.25) is 0 Å². The molecule has 19 heavy (non-hydrogen) atoms. The van der Waals surface area contributed by atoms with Crippen LogP contribution in [0.5, 0.6) is 0 Å². The third kappa shape index (κ3) is 4.35. The first-order valence-electron chi connectivity index (χ1n) is 7.10. The van der Waals surface area contributed by atoms with Gasteiger partial charge in [-0.1, -0.05) is 19.3 Å². The van der Waals surface area contributed by atoms with Crippen molar-refractivity contribution in [1.82, 2.24) is 15.6 Å². The molecule has 2 N–H and O–H groups in total. The number of aromatic nitrogens is 1. The zero-order chi connectivity index (χ0) is 13.7. The van der Waals surface area contributed by atoms with Crippen LogP contribution in [0.15, 0.2) is 10.6 Å². The molecule has 5 nitrogen and oxygen atoms in total. The highest BCUT2D eigenvalue weighted by Gasteiger charge is 2.19. The second-order valence-corrected chi connectivity index (χ2v) is 5.31. The van der Waals surface area contributed by atoms with Crippen molar-refractivity contribution in [3.8, 4) is 0 Å². The van der Waals surface area contributed by atoms with Gasteiger partial charge in [-0.05, 0) is 26.7 Å². The standard InChI is InChI=1S/C14H23N3O2/c1-10-8-16-13(19-10)9-15-11(2)14(18)17-12-6-4-3-5-7-12/h8,11-12,15H,3-7,9H2,1-2H3,(H,17,18). The smallest absolute Gasteiger partial charge is 0.237 e. The van der Waals surface area contributed by atoms with Gasteiger partial charge in [-0.2, -0.15) is 0 Å². The molecule has 1 amide bonds. The lowest BCUT2D eigenvalue weighted by molar-refractivity contribution is -0.123. The summed E-state index contributed by atoms with van der Waals surface area (Å²) in [6.07, 6.45) is 7.65. The lowest BCUT2D eigenvalue weighted by Crippen LogP contribution is -2.46. The van der Waals surface area contributed by atoms with Crippen molar-refractivity contribution in [1.29, 1.82) is 0 Å². The van der Waals surface area contributed by atoms with Gasteiger partial charge in [-0.15, -0.1) is 0 Å². The van der Waals surface area contributed by atoms with Crippen LogP contribution in [0, 0.1) is 6.92 Å². The Bertz CT molecular complexity index is 411. The minimum Gasteiger partial charge on any atom is -0.445 e. The van der Waals surface area contributed by atoms with Gasteiger partial charge >= 0.3 is 0 Å². The van der Waals surface area contributed by atoms with E-state index in [1.807, 2.05) is 13.8 Å². The highest BCUT2D eigenvalue weighted by molar-refractivity contribution is 5.81. The van der Waals surface area contributed by atoms with E-state index >= 15 is 0 Å². The fourth-order valence-electron chi connectivity index (χ4n) is 2.39. The summed E-state index contributed by atoms with van der Waals surface area (Å²) in [5, 5.41) is 6.24. The first kappa shape index (κ1) is 14.1. The monoisotopic (exact) mass is 265 g/mol. The van der Waals surface area contributed by atoms with Crippen LogP contribution in [-0.4, -0.2) is 23.0 Å². The zero-order valence-corrected chi connectivity index (χ0v) is 11.7. The molecular weight excluding hydrogens is 242 g/mol. The van der Waals surface area contributed by atoms with Crippen molar-refractivity contribution in [2.24, 2.45) is 0 Å². The summed E-state index contributed by atoms with van der Waals surface area (Å²) >= 11 is 0. The molecule has 1 aromatic rings. The molecule has 2 rings (SSSR count). The number of rotatable bonds is 5. The number of nitrogens with one attached hydrogen (secondary N) is 2. The van der Waals surface area contributed by atoms with Crippen LogP contribution >= 0.6 is 0 Å². The Morgan fingerprint density at radius 1 is 1.47 bits per heavy atom. The Morgan fingerprint density at radius 3 is 2.84 bits per heavy atom. The van der Waals surface area contributed by atoms with Gasteiger partial charge in [0.15, 0.2) is 0 Å². The Morgan fingerprint density at radius 2 is 2.21 bits per heavy atom. The molecular formula is C14H23N3O2. The molecule has 1 saturated carbocycles. The van der Waals surface area contributed by atoms with Crippen LogP contribution in [-0.2, 0) is 11.3 Å². The second kappa shape index (κ2) is 6.70. The maximum Gasteiger partial charge on any atom is 0.237 e. The van der Waals surface area contributed by atoms with Gasteiger partial charge in [0.1, 0.15) is 5.76 Å². The summed E-state index contributed by atoms with van der Waals surface area (Å²) in [4.78, 5) is 16.1. The third-order valence-electron chi connectivity index (χ3n) is 3.57. The molecule has 5 heteroatoms. The van der Waals surface area contributed by atoms with Gasteiger partial charge in [0.2, 0.25) is 11.8 Å². The number of oxazole rings is 1. The molecule has 1 aliphatic rings. The average molecular weight is 265 g/mol. The highest BCUT2D eigenvalue weighted by Crippen LogP contribution is 2.17. The van der Waals surface area contributed by atoms with Crippen molar-refractivity contribution in [3.05, 3.63) is 17.8 Å². The average Bonchev–Trinajstić information content (AvgIpc) is 2.83. The Kier molecular flexibility index (Phi) is 4.96. The highest BCUT2D eigenvalue weighted by atomic mass is 16.4. The molecule has 1 fully saturated rings. The summed E-state index contributed by atoms with van der Waals surface area (Å²) in [6.45, 7) is 4.21. The number of hydrogen-bond acceptors (Lipinski definition) is 4. The van der Waals surface area contributed by atoms with E-state index in [4.69, 9.17) is 4.42 Å². The molecule has 106 valence electrons. The molecule has 0 radical (unpaired) electrons. The molecule has 1 aliphatic carbocycles. The van der Waals surface area contributed by atoms with Gasteiger partial charge in [-0.3, -0.25) is 10.1 Å². The number of aryl methyl sites for hydroxylation is 1. The fraction of sp³-hybridized carbons (Fsp3) is 0.714. The van der Waals surface area contributed by atoms with E-state index in [0.29, 0.717) is 18.5 Å². The van der Waals surface area contributed by atoms with E-state index in [1.165, 1.54) is 19.3 Å². The van der Waals surface area contributed by atoms with Crippen LogP contribution < -0.4 is 10.6 Å². The maximum atomic E-state index is 12.0. The van der Waals surface area contributed by atoms with E-state index in [0.717, 1.165) is 18.6 Å². The van der Waals surface area contributed by atoms with Crippen molar-refractivity contribution in [2.45, 2.75) is 64.6 Å². The number of amides is 1.